The number of aliphatic hydroxyl groups is 1. The number of carbonyl (C=O) groups excluding carboxylic acids is 2. The average Bonchev–Trinajstić information content (AvgIpc) is 3.39. The molecule has 10 atom stereocenters. The van der Waals surface area contributed by atoms with Gasteiger partial charge in [0.05, 0.1) is 18.3 Å². The van der Waals surface area contributed by atoms with Crippen molar-refractivity contribution in [1.82, 2.24) is 4.98 Å². The Balaban J connectivity index is 1.21. The van der Waals surface area contributed by atoms with Crippen LogP contribution in [0.3, 0.4) is 0 Å². The van der Waals surface area contributed by atoms with Crippen LogP contribution in [0, 0.1) is 56.7 Å². The Morgan fingerprint density at radius 2 is 1.71 bits per heavy atom. The lowest BCUT2D eigenvalue weighted by Gasteiger charge is -2.73. The molecule has 0 amide bonds. The molecule has 0 radical (unpaired) electrons. The number of fused-ring (bicyclic) bond motifs is 8. The molecule has 0 aliphatic heterocycles. The van der Waals surface area contributed by atoms with Crippen molar-refractivity contribution in [1.29, 1.82) is 0 Å². The molecule has 1 heterocycles. The highest BCUT2D eigenvalue weighted by atomic mass is 35.5. The standard InChI is InChI=1S/C39H52ClNO4/c1-22(2)23-12-17-39(21-45-34-30(40)32(43)24-9-8-20-41-31(24)33(34)44)19-18-37(6)25(29(23)39)10-11-27-36(5)15-14-28(42)35(3,4)26(36)13-16-38(27,37)7/h8-9,20,23,25-29,42H,1,10-19,21H2,2-7H3/t23-,25+,26-,27+,28-,29+,36-,37+,38+,39+/m0/s1. The van der Waals surface area contributed by atoms with Crippen LogP contribution >= 0.6 is 11.6 Å². The van der Waals surface area contributed by atoms with E-state index >= 15 is 0 Å². The summed E-state index contributed by atoms with van der Waals surface area (Å²) >= 11 is 6.55. The van der Waals surface area contributed by atoms with E-state index in [1.165, 1.54) is 37.5 Å². The number of hydrogen-bond donors (Lipinski definition) is 1. The van der Waals surface area contributed by atoms with Gasteiger partial charge in [0.25, 0.3) is 0 Å². The highest BCUT2D eigenvalue weighted by Crippen LogP contribution is 2.77. The summed E-state index contributed by atoms with van der Waals surface area (Å²) in [5.74, 6) is 1.76. The van der Waals surface area contributed by atoms with Gasteiger partial charge in [0.2, 0.25) is 11.6 Å². The lowest BCUT2D eigenvalue weighted by Crippen LogP contribution is -2.66. The van der Waals surface area contributed by atoms with Crippen molar-refractivity contribution in [2.75, 3.05) is 6.61 Å². The molecule has 1 aromatic rings. The number of ketones is 2. The summed E-state index contributed by atoms with van der Waals surface area (Å²) in [6, 6.07) is 3.26. The molecule has 0 aromatic carbocycles. The summed E-state index contributed by atoms with van der Waals surface area (Å²) in [6.45, 7) is 19.6. The van der Waals surface area contributed by atoms with E-state index in [1.807, 2.05) is 0 Å². The zero-order valence-electron chi connectivity index (χ0n) is 28.2. The van der Waals surface area contributed by atoms with Crippen molar-refractivity contribution in [2.45, 2.75) is 112 Å². The fraction of sp³-hybridized carbons (Fsp3) is 0.718. The Hall–Kier alpha value is -1.98. The van der Waals surface area contributed by atoms with Gasteiger partial charge in [0.1, 0.15) is 10.7 Å². The third-order valence-electron chi connectivity index (χ3n) is 15.6. The molecule has 45 heavy (non-hydrogen) atoms. The molecule has 5 nitrogen and oxygen atoms in total. The molecule has 0 saturated heterocycles. The van der Waals surface area contributed by atoms with Crippen LogP contribution in [0.5, 0.6) is 0 Å². The average molecular weight is 634 g/mol. The number of carbonyl (C=O) groups is 2. The smallest absolute Gasteiger partial charge is 0.248 e. The Kier molecular flexibility index (Phi) is 7.21. The topological polar surface area (TPSA) is 76.5 Å². The number of Topliss-reactive ketones (excluding diaryl/α,β-unsaturated/α-hetero) is 2. The van der Waals surface area contributed by atoms with Gasteiger partial charge in [0.15, 0.2) is 5.76 Å². The lowest BCUT2D eigenvalue weighted by atomic mass is 9.32. The molecule has 0 bridgehead atoms. The van der Waals surface area contributed by atoms with Gasteiger partial charge in [-0.15, -0.1) is 0 Å². The van der Waals surface area contributed by atoms with Gasteiger partial charge in [0, 0.05) is 11.6 Å². The van der Waals surface area contributed by atoms with Crippen LogP contribution in [-0.4, -0.2) is 34.4 Å². The van der Waals surface area contributed by atoms with Gasteiger partial charge >= 0.3 is 0 Å². The number of halogens is 1. The highest BCUT2D eigenvalue weighted by Gasteiger charge is 2.71. The first-order valence-electron chi connectivity index (χ1n) is 17.5. The normalized spacial score (nSPS) is 45.2. The largest absolute Gasteiger partial charge is 0.487 e. The predicted molar refractivity (Wildman–Crippen MR) is 177 cm³/mol. The van der Waals surface area contributed by atoms with E-state index in [1.54, 1.807) is 12.1 Å². The fourth-order valence-electron chi connectivity index (χ4n) is 13.1. The lowest BCUT2D eigenvalue weighted by molar-refractivity contribution is -0.249. The summed E-state index contributed by atoms with van der Waals surface area (Å²) < 4.78 is 6.46. The van der Waals surface area contributed by atoms with Crippen LogP contribution in [0.4, 0.5) is 0 Å². The minimum absolute atomic E-state index is 0.0304. The molecule has 6 aliphatic rings. The molecule has 6 aliphatic carbocycles. The summed E-state index contributed by atoms with van der Waals surface area (Å²) in [4.78, 5) is 30.8. The van der Waals surface area contributed by atoms with Gasteiger partial charge in [-0.05, 0) is 135 Å². The molecule has 1 N–H and O–H groups in total. The Bertz CT molecular complexity index is 1500. The molecule has 0 spiro atoms. The zero-order valence-corrected chi connectivity index (χ0v) is 28.9. The second kappa shape index (κ2) is 10.3. The van der Waals surface area contributed by atoms with E-state index < -0.39 is 5.78 Å². The van der Waals surface area contributed by atoms with Crippen molar-refractivity contribution in [3.05, 3.63) is 52.5 Å². The Morgan fingerprint density at radius 3 is 2.44 bits per heavy atom. The van der Waals surface area contributed by atoms with E-state index in [2.05, 4.69) is 53.1 Å². The van der Waals surface area contributed by atoms with Crippen molar-refractivity contribution in [2.24, 2.45) is 56.7 Å². The second-order valence-electron chi connectivity index (χ2n) is 17.4. The van der Waals surface area contributed by atoms with Gasteiger partial charge in [-0.3, -0.25) is 14.6 Å². The maximum absolute atomic E-state index is 13.5. The number of aromatic nitrogens is 1. The number of allylic oxidation sites excluding steroid dienone is 3. The first kappa shape index (κ1) is 31.6. The SMILES string of the molecule is C=C(C)[C@@H]1CC[C@]2(COC3=C(Cl)C(=O)c4cccnc4C3=O)CC[C@]3(C)[C@H](CC[C@@H]4[C@@]5(C)CC[C@H](O)C(C)(C)[C@@H]5CC[C@]43C)[C@@H]12. The molecule has 244 valence electrons. The second-order valence-corrected chi connectivity index (χ2v) is 17.8. The van der Waals surface area contributed by atoms with Crippen LogP contribution in [-0.2, 0) is 4.74 Å². The first-order chi connectivity index (χ1) is 21.1. The predicted octanol–water partition coefficient (Wildman–Crippen LogP) is 8.95. The Labute approximate surface area is 274 Å². The molecule has 0 unspecified atom stereocenters. The number of pyridine rings is 1. The fourth-order valence-corrected chi connectivity index (χ4v) is 13.3. The molecule has 5 saturated carbocycles. The maximum atomic E-state index is 13.5. The van der Waals surface area contributed by atoms with E-state index in [9.17, 15) is 14.7 Å². The molecular weight excluding hydrogens is 582 g/mol. The van der Waals surface area contributed by atoms with E-state index in [0.717, 1.165) is 38.5 Å². The van der Waals surface area contributed by atoms with E-state index in [4.69, 9.17) is 16.3 Å². The van der Waals surface area contributed by atoms with Gasteiger partial charge in [-0.25, -0.2) is 0 Å². The number of ether oxygens (including phenoxy) is 1. The summed E-state index contributed by atoms with van der Waals surface area (Å²) in [5.41, 5.74) is 2.15. The number of rotatable bonds is 4. The zero-order chi connectivity index (χ0) is 32.3. The van der Waals surface area contributed by atoms with E-state index in [0.29, 0.717) is 36.2 Å². The quantitative estimate of drug-likeness (QED) is 0.335. The molecular formula is C39H52ClNO4. The van der Waals surface area contributed by atoms with Crippen molar-refractivity contribution in [3.8, 4) is 0 Å². The first-order valence-corrected chi connectivity index (χ1v) is 17.9. The number of hydrogen-bond acceptors (Lipinski definition) is 5. The van der Waals surface area contributed by atoms with Crippen LogP contribution in [0.25, 0.3) is 0 Å². The summed E-state index contributed by atoms with van der Waals surface area (Å²) in [6.07, 6.45) is 12.5. The van der Waals surface area contributed by atoms with Crippen molar-refractivity contribution in [3.63, 3.8) is 0 Å². The molecule has 5 fully saturated rings. The third kappa shape index (κ3) is 4.11. The number of nitrogens with zero attached hydrogens (tertiary/aromatic N) is 1. The van der Waals surface area contributed by atoms with E-state index in [-0.39, 0.29) is 61.0 Å². The van der Waals surface area contributed by atoms with Crippen LogP contribution in [0.1, 0.15) is 127 Å². The molecule has 1 aromatic heterocycles. The van der Waals surface area contributed by atoms with Crippen molar-refractivity contribution < 1.29 is 19.4 Å². The van der Waals surface area contributed by atoms with Gasteiger partial charge in [-0.1, -0.05) is 58.4 Å². The van der Waals surface area contributed by atoms with Gasteiger partial charge in [-0.2, -0.15) is 0 Å². The monoisotopic (exact) mass is 633 g/mol. The van der Waals surface area contributed by atoms with Crippen LogP contribution in [0.15, 0.2) is 41.3 Å². The maximum Gasteiger partial charge on any atom is 0.248 e. The minimum Gasteiger partial charge on any atom is -0.487 e. The summed E-state index contributed by atoms with van der Waals surface area (Å²) in [5, 5.41) is 10.9. The van der Waals surface area contributed by atoms with Crippen LogP contribution in [0.2, 0.25) is 0 Å². The highest BCUT2D eigenvalue weighted by molar-refractivity contribution is 6.49. The minimum atomic E-state index is -0.392. The Morgan fingerprint density at radius 1 is 0.956 bits per heavy atom. The number of aliphatic hydroxyl groups excluding tert-OH is 1. The molecule has 6 heteroatoms. The van der Waals surface area contributed by atoms with Crippen molar-refractivity contribution >= 4 is 23.2 Å². The van der Waals surface area contributed by atoms with Crippen LogP contribution < -0.4 is 0 Å². The third-order valence-corrected chi connectivity index (χ3v) is 15.9. The van der Waals surface area contributed by atoms with Gasteiger partial charge < -0.3 is 9.84 Å². The summed E-state index contributed by atoms with van der Waals surface area (Å²) in [7, 11) is 0. The molecule has 7 rings (SSSR count).